The molecule has 0 aliphatic carbocycles. The van der Waals surface area contributed by atoms with Crippen molar-refractivity contribution in [1.82, 2.24) is 0 Å². The topological polar surface area (TPSA) is 37.3 Å². The maximum atomic E-state index is 10.9. The lowest BCUT2D eigenvalue weighted by Gasteiger charge is -2.01. The first-order valence-corrected chi connectivity index (χ1v) is 3.44. The number of aliphatic hydroxyl groups is 1. The second-order valence-corrected chi connectivity index (χ2v) is 2.55. The molecule has 10 heavy (non-hydrogen) atoms. The third-order valence-electron chi connectivity index (χ3n) is 1.15. The summed E-state index contributed by atoms with van der Waals surface area (Å²) in [5.74, 6) is -0.192. The average molecular weight is 142 g/mol. The molecule has 0 saturated heterocycles. The van der Waals surface area contributed by atoms with Gasteiger partial charge in [0.25, 0.3) is 0 Å². The van der Waals surface area contributed by atoms with Crippen LogP contribution in [0.25, 0.3) is 0 Å². The minimum Gasteiger partial charge on any atom is -0.385 e. The van der Waals surface area contributed by atoms with Crippen molar-refractivity contribution in [3.63, 3.8) is 0 Å². The Balaban J connectivity index is 3.97. The van der Waals surface area contributed by atoms with Crippen LogP contribution in [-0.2, 0) is 4.79 Å². The van der Waals surface area contributed by atoms with Crippen LogP contribution in [0.2, 0.25) is 0 Å². The second kappa shape index (κ2) is 4.23. The van der Waals surface area contributed by atoms with Gasteiger partial charge in [0.15, 0.2) is 5.78 Å². The zero-order valence-electron chi connectivity index (χ0n) is 6.72. The van der Waals surface area contributed by atoms with E-state index in [2.05, 4.69) is 0 Å². The summed E-state index contributed by atoms with van der Waals surface area (Å²) in [6, 6.07) is 0. The average Bonchev–Trinajstić information content (AvgIpc) is 1.85. The zero-order valence-corrected chi connectivity index (χ0v) is 6.72. The Morgan fingerprint density at radius 3 is 2.40 bits per heavy atom. The van der Waals surface area contributed by atoms with Crippen LogP contribution in [0.3, 0.4) is 0 Å². The van der Waals surface area contributed by atoms with Gasteiger partial charge in [-0.15, -0.1) is 0 Å². The van der Waals surface area contributed by atoms with Gasteiger partial charge in [-0.3, -0.25) is 4.79 Å². The molecule has 0 aliphatic rings. The molecule has 0 radical (unpaired) electrons. The highest BCUT2D eigenvalue weighted by Crippen LogP contribution is 1.96. The standard InChI is InChI=1S/C8H14O2/c1-4-7(9)8(10)5-6(2)3/h5,7,9H,4H2,1-3H3. The first-order valence-electron chi connectivity index (χ1n) is 3.44. The lowest BCUT2D eigenvalue weighted by molar-refractivity contribution is -0.122. The Morgan fingerprint density at radius 2 is 2.10 bits per heavy atom. The largest absolute Gasteiger partial charge is 0.385 e. The van der Waals surface area contributed by atoms with Crippen LogP contribution >= 0.6 is 0 Å². The Hall–Kier alpha value is -0.630. The summed E-state index contributed by atoms with van der Waals surface area (Å²) in [4.78, 5) is 10.9. The lowest BCUT2D eigenvalue weighted by Crippen LogP contribution is -2.16. The molecular weight excluding hydrogens is 128 g/mol. The smallest absolute Gasteiger partial charge is 0.184 e. The minimum atomic E-state index is -0.810. The summed E-state index contributed by atoms with van der Waals surface area (Å²) in [7, 11) is 0. The third kappa shape index (κ3) is 3.41. The Morgan fingerprint density at radius 1 is 1.60 bits per heavy atom. The molecule has 0 fully saturated rings. The molecule has 0 bridgehead atoms. The van der Waals surface area contributed by atoms with E-state index in [1.807, 2.05) is 13.8 Å². The number of rotatable bonds is 3. The number of allylic oxidation sites excluding steroid dienone is 1. The molecule has 0 spiro atoms. The van der Waals surface area contributed by atoms with Crippen molar-refractivity contribution in [3.05, 3.63) is 11.6 Å². The predicted octanol–water partition coefficient (Wildman–Crippen LogP) is 1.29. The third-order valence-corrected chi connectivity index (χ3v) is 1.15. The Labute approximate surface area is 61.6 Å². The van der Waals surface area contributed by atoms with E-state index in [-0.39, 0.29) is 5.78 Å². The fraction of sp³-hybridized carbons (Fsp3) is 0.625. The Bertz CT molecular complexity index is 143. The number of hydrogen-bond donors (Lipinski definition) is 1. The highest BCUT2D eigenvalue weighted by molar-refractivity contribution is 5.93. The molecule has 1 atom stereocenters. The molecule has 58 valence electrons. The van der Waals surface area contributed by atoms with Crippen molar-refractivity contribution in [2.24, 2.45) is 0 Å². The maximum absolute atomic E-state index is 10.9. The molecule has 0 aromatic heterocycles. The van der Waals surface area contributed by atoms with E-state index in [1.165, 1.54) is 6.08 Å². The highest BCUT2D eigenvalue weighted by Gasteiger charge is 2.07. The SMILES string of the molecule is CCC(O)C(=O)C=C(C)C. The molecule has 0 aromatic rings. The van der Waals surface area contributed by atoms with Crippen LogP contribution in [0, 0.1) is 0 Å². The van der Waals surface area contributed by atoms with E-state index in [9.17, 15) is 4.79 Å². The van der Waals surface area contributed by atoms with Crippen molar-refractivity contribution >= 4 is 5.78 Å². The molecule has 0 saturated carbocycles. The van der Waals surface area contributed by atoms with Crippen LogP contribution in [0.4, 0.5) is 0 Å². The van der Waals surface area contributed by atoms with Gasteiger partial charge in [0.05, 0.1) is 0 Å². The first-order chi connectivity index (χ1) is 4.57. The summed E-state index contributed by atoms with van der Waals surface area (Å²) in [6.45, 7) is 5.45. The zero-order chi connectivity index (χ0) is 8.15. The summed E-state index contributed by atoms with van der Waals surface area (Å²) in [6.07, 6.45) is 1.14. The van der Waals surface area contributed by atoms with Gasteiger partial charge in [-0.2, -0.15) is 0 Å². The minimum absolute atomic E-state index is 0.192. The number of hydrogen-bond acceptors (Lipinski definition) is 2. The van der Waals surface area contributed by atoms with Crippen molar-refractivity contribution < 1.29 is 9.90 Å². The van der Waals surface area contributed by atoms with Gasteiger partial charge in [-0.25, -0.2) is 0 Å². The first kappa shape index (κ1) is 9.37. The molecule has 2 nitrogen and oxygen atoms in total. The normalized spacial score (nSPS) is 12.4. The van der Waals surface area contributed by atoms with Gasteiger partial charge in [-0.1, -0.05) is 12.5 Å². The quantitative estimate of drug-likeness (QED) is 0.603. The molecule has 0 amide bonds. The van der Waals surface area contributed by atoms with Crippen LogP contribution in [0.1, 0.15) is 27.2 Å². The summed E-state index contributed by atoms with van der Waals surface area (Å²) < 4.78 is 0. The summed E-state index contributed by atoms with van der Waals surface area (Å²) in [5.41, 5.74) is 0.928. The molecule has 2 heteroatoms. The van der Waals surface area contributed by atoms with Gasteiger partial charge in [-0.05, 0) is 26.3 Å². The van der Waals surface area contributed by atoms with Gasteiger partial charge in [0.2, 0.25) is 0 Å². The van der Waals surface area contributed by atoms with E-state index in [0.29, 0.717) is 6.42 Å². The van der Waals surface area contributed by atoms with Gasteiger partial charge < -0.3 is 5.11 Å². The lowest BCUT2D eigenvalue weighted by atomic mass is 10.1. The predicted molar refractivity (Wildman–Crippen MR) is 40.7 cm³/mol. The molecule has 1 N–H and O–H groups in total. The van der Waals surface area contributed by atoms with E-state index >= 15 is 0 Å². The molecule has 0 heterocycles. The van der Waals surface area contributed by atoms with Gasteiger partial charge in [0, 0.05) is 0 Å². The maximum Gasteiger partial charge on any atom is 0.184 e. The monoisotopic (exact) mass is 142 g/mol. The molecule has 0 rings (SSSR count). The van der Waals surface area contributed by atoms with E-state index in [0.717, 1.165) is 5.57 Å². The molecule has 1 unspecified atom stereocenters. The number of carbonyl (C=O) groups is 1. The van der Waals surface area contributed by atoms with Crippen molar-refractivity contribution in [2.75, 3.05) is 0 Å². The molecule has 0 aliphatic heterocycles. The van der Waals surface area contributed by atoms with E-state index < -0.39 is 6.10 Å². The number of ketones is 1. The van der Waals surface area contributed by atoms with Crippen LogP contribution in [0.15, 0.2) is 11.6 Å². The fourth-order valence-electron chi connectivity index (χ4n) is 0.582. The molecular formula is C8H14O2. The fourth-order valence-corrected chi connectivity index (χ4v) is 0.582. The number of aliphatic hydroxyl groups excluding tert-OH is 1. The van der Waals surface area contributed by atoms with Gasteiger partial charge in [0.1, 0.15) is 6.10 Å². The molecule has 0 aromatic carbocycles. The van der Waals surface area contributed by atoms with E-state index in [4.69, 9.17) is 5.11 Å². The highest BCUT2D eigenvalue weighted by atomic mass is 16.3. The second-order valence-electron chi connectivity index (χ2n) is 2.55. The summed E-state index contributed by atoms with van der Waals surface area (Å²) >= 11 is 0. The van der Waals surface area contributed by atoms with Gasteiger partial charge >= 0.3 is 0 Å². The summed E-state index contributed by atoms with van der Waals surface area (Å²) in [5, 5.41) is 8.98. The van der Waals surface area contributed by atoms with Crippen LogP contribution in [0.5, 0.6) is 0 Å². The van der Waals surface area contributed by atoms with Crippen molar-refractivity contribution in [2.45, 2.75) is 33.3 Å². The number of carbonyl (C=O) groups excluding carboxylic acids is 1. The van der Waals surface area contributed by atoms with E-state index in [1.54, 1.807) is 6.92 Å². The van der Waals surface area contributed by atoms with Crippen LogP contribution in [-0.4, -0.2) is 17.0 Å². The van der Waals surface area contributed by atoms with Crippen molar-refractivity contribution in [3.8, 4) is 0 Å². The van der Waals surface area contributed by atoms with Crippen LogP contribution < -0.4 is 0 Å². The Kier molecular flexibility index (Phi) is 3.96. The van der Waals surface area contributed by atoms with Crippen molar-refractivity contribution in [1.29, 1.82) is 0 Å².